The zero-order valence-electron chi connectivity index (χ0n) is 18.5. The maximum atomic E-state index is 12.7. The Labute approximate surface area is 200 Å². The third-order valence-electron chi connectivity index (χ3n) is 5.66. The Kier molecular flexibility index (Phi) is 8.00. The molecule has 0 unspecified atom stereocenters. The summed E-state index contributed by atoms with van der Waals surface area (Å²) < 4.78 is 0. The molecular weight excluding hydrogens is 434 g/mol. The lowest BCUT2D eigenvalue weighted by Gasteiger charge is -2.22. The Morgan fingerprint density at radius 1 is 0.939 bits per heavy atom. The summed E-state index contributed by atoms with van der Waals surface area (Å²) in [5, 5.41) is 11.8. The predicted octanol–water partition coefficient (Wildman–Crippen LogP) is 5.60. The summed E-state index contributed by atoms with van der Waals surface area (Å²) >= 11 is 0. The van der Waals surface area contributed by atoms with Crippen LogP contribution in [0.1, 0.15) is 57.2 Å². The molecule has 3 aromatic carbocycles. The number of carbonyl (C=O) groups is 2. The van der Waals surface area contributed by atoms with Crippen LogP contribution >= 0.6 is 12.4 Å². The zero-order valence-corrected chi connectivity index (χ0v) is 19.3. The molecule has 33 heavy (non-hydrogen) atoms. The maximum absolute atomic E-state index is 12.7. The second-order valence-electron chi connectivity index (χ2n) is 8.23. The summed E-state index contributed by atoms with van der Waals surface area (Å²) in [6.45, 7) is 3.15. The average Bonchev–Trinajstić information content (AvgIpc) is 3.65. The van der Waals surface area contributed by atoms with E-state index in [2.05, 4.69) is 16.3 Å². The fourth-order valence-corrected chi connectivity index (χ4v) is 3.71. The van der Waals surface area contributed by atoms with Crippen molar-refractivity contribution in [1.29, 1.82) is 5.26 Å². The Morgan fingerprint density at radius 2 is 1.61 bits per heavy atom. The molecule has 0 spiro atoms. The molecule has 0 bridgehead atoms. The van der Waals surface area contributed by atoms with E-state index in [9.17, 15) is 9.59 Å². The highest BCUT2D eigenvalue weighted by atomic mass is 35.5. The molecule has 4 rings (SSSR count). The SMILES string of the molecule is CC(=O)c1ccc(CN(Cc2cccc(C(=O)Nc3ccc(C#N)cc3)c2)C2CC2)cc1.Cl. The van der Waals surface area contributed by atoms with E-state index < -0.39 is 0 Å². The highest BCUT2D eigenvalue weighted by molar-refractivity contribution is 6.04. The third-order valence-corrected chi connectivity index (χ3v) is 5.66. The summed E-state index contributed by atoms with van der Waals surface area (Å²) in [5.41, 5.74) is 4.82. The lowest BCUT2D eigenvalue weighted by molar-refractivity contribution is 0.101. The second kappa shape index (κ2) is 10.9. The third kappa shape index (κ3) is 6.52. The molecule has 168 valence electrons. The Balaban J connectivity index is 0.00000306. The van der Waals surface area contributed by atoms with E-state index in [1.54, 1.807) is 31.2 Å². The molecule has 0 radical (unpaired) electrons. The molecule has 1 N–H and O–H groups in total. The van der Waals surface area contributed by atoms with Crippen LogP contribution in [0.25, 0.3) is 0 Å². The van der Waals surface area contributed by atoms with Gasteiger partial charge in [0.15, 0.2) is 5.78 Å². The van der Waals surface area contributed by atoms with Gasteiger partial charge in [-0.05, 0) is 67.3 Å². The Morgan fingerprint density at radius 3 is 2.21 bits per heavy atom. The van der Waals surface area contributed by atoms with Gasteiger partial charge in [0.2, 0.25) is 0 Å². The van der Waals surface area contributed by atoms with E-state index in [4.69, 9.17) is 5.26 Å². The number of Topliss-reactive ketones (excluding diaryl/α,β-unsaturated/α-hetero) is 1. The fraction of sp³-hybridized carbons (Fsp3) is 0.222. The molecule has 0 aliphatic heterocycles. The lowest BCUT2D eigenvalue weighted by Crippen LogP contribution is -2.25. The van der Waals surface area contributed by atoms with Crippen LogP contribution in [0.2, 0.25) is 0 Å². The molecular formula is C27H26ClN3O2. The maximum Gasteiger partial charge on any atom is 0.255 e. The van der Waals surface area contributed by atoms with Gasteiger partial charge >= 0.3 is 0 Å². The molecule has 0 aromatic heterocycles. The number of anilines is 1. The van der Waals surface area contributed by atoms with Crippen molar-refractivity contribution in [2.45, 2.75) is 38.9 Å². The number of benzene rings is 3. The number of rotatable bonds is 8. The van der Waals surface area contributed by atoms with Gasteiger partial charge in [-0.1, -0.05) is 36.4 Å². The zero-order chi connectivity index (χ0) is 22.5. The molecule has 1 fully saturated rings. The van der Waals surface area contributed by atoms with Crippen molar-refractivity contribution in [2.24, 2.45) is 0 Å². The van der Waals surface area contributed by atoms with Crippen molar-refractivity contribution in [3.8, 4) is 6.07 Å². The molecule has 0 heterocycles. The van der Waals surface area contributed by atoms with Crippen molar-refractivity contribution < 1.29 is 9.59 Å². The molecule has 1 aliphatic rings. The summed E-state index contributed by atoms with van der Waals surface area (Å²) in [4.78, 5) is 26.7. The first kappa shape index (κ1) is 24.2. The number of carbonyl (C=O) groups excluding carboxylic acids is 2. The molecule has 3 aromatic rings. The minimum absolute atomic E-state index is 0. The van der Waals surface area contributed by atoms with Crippen molar-refractivity contribution in [1.82, 2.24) is 4.90 Å². The number of hydrogen-bond donors (Lipinski definition) is 1. The van der Waals surface area contributed by atoms with Gasteiger partial charge in [0.25, 0.3) is 5.91 Å². The summed E-state index contributed by atoms with van der Waals surface area (Å²) in [6.07, 6.45) is 2.37. The van der Waals surface area contributed by atoms with E-state index in [1.807, 2.05) is 48.5 Å². The Hall–Kier alpha value is -3.46. The number of nitrogens with zero attached hydrogens (tertiary/aromatic N) is 2. The number of nitriles is 1. The summed E-state index contributed by atoms with van der Waals surface area (Å²) in [6, 6.07) is 25.0. The number of ketones is 1. The van der Waals surface area contributed by atoms with Gasteiger partial charge in [-0.2, -0.15) is 5.26 Å². The predicted molar refractivity (Wildman–Crippen MR) is 132 cm³/mol. The molecule has 0 atom stereocenters. The van der Waals surface area contributed by atoms with Crippen molar-refractivity contribution in [2.75, 3.05) is 5.32 Å². The van der Waals surface area contributed by atoms with Gasteiger partial charge in [0.05, 0.1) is 11.6 Å². The highest BCUT2D eigenvalue weighted by Gasteiger charge is 2.29. The number of amides is 1. The summed E-state index contributed by atoms with van der Waals surface area (Å²) in [5.74, 6) is -0.0963. The summed E-state index contributed by atoms with van der Waals surface area (Å²) in [7, 11) is 0. The van der Waals surface area contributed by atoms with E-state index in [-0.39, 0.29) is 24.1 Å². The molecule has 0 saturated heterocycles. The first-order valence-electron chi connectivity index (χ1n) is 10.8. The second-order valence-corrected chi connectivity index (χ2v) is 8.23. The van der Waals surface area contributed by atoms with Crippen molar-refractivity contribution in [3.05, 3.63) is 101 Å². The van der Waals surface area contributed by atoms with Crippen LogP contribution in [0.4, 0.5) is 5.69 Å². The van der Waals surface area contributed by atoms with E-state index in [0.717, 1.165) is 24.2 Å². The fourth-order valence-electron chi connectivity index (χ4n) is 3.71. The van der Waals surface area contributed by atoms with Crippen LogP contribution in [-0.2, 0) is 13.1 Å². The number of nitrogens with one attached hydrogen (secondary N) is 1. The van der Waals surface area contributed by atoms with Gasteiger partial charge in [-0.3, -0.25) is 14.5 Å². The van der Waals surface area contributed by atoms with Gasteiger partial charge in [0.1, 0.15) is 0 Å². The van der Waals surface area contributed by atoms with Crippen LogP contribution < -0.4 is 5.32 Å². The van der Waals surface area contributed by atoms with Crippen LogP contribution in [0.3, 0.4) is 0 Å². The minimum Gasteiger partial charge on any atom is -0.322 e. The number of halogens is 1. The van der Waals surface area contributed by atoms with Gasteiger partial charge in [0, 0.05) is 35.9 Å². The topological polar surface area (TPSA) is 73.2 Å². The average molecular weight is 460 g/mol. The van der Waals surface area contributed by atoms with Crippen molar-refractivity contribution >= 4 is 29.8 Å². The smallest absolute Gasteiger partial charge is 0.255 e. The normalized spacial score (nSPS) is 12.5. The van der Waals surface area contributed by atoms with Crippen LogP contribution in [0.15, 0.2) is 72.8 Å². The Bertz CT molecular complexity index is 1160. The first-order valence-corrected chi connectivity index (χ1v) is 10.8. The molecule has 1 amide bonds. The van der Waals surface area contributed by atoms with E-state index in [1.165, 1.54) is 18.4 Å². The monoisotopic (exact) mass is 459 g/mol. The number of hydrogen-bond acceptors (Lipinski definition) is 4. The lowest BCUT2D eigenvalue weighted by atomic mass is 10.1. The van der Waals surface area contributed by atoms with Gasteiger partial charge < -0.3 is 5.32 Å². The molecule has 1 saturated carbocycles. The van der Waals surface area contributed by atoms with Gasteiger partial charge in [-0.25, -0.2) is 0 Å². The first-order chi connectivity index (χ1) is 15.5. The van der Waals surface area contributed by atoms with E-state index >= 15 is 0 Å². The van der Waals surface area contributed by atoms with Crippen LogP contribution in [-0.4, -0.2) is 22.6 Å². The van der Waals surface area contributed by atoms with Crippen LogP contribution in [0, 0.1) is 11.3 Å². The standard InChI is InChI=1S/C27H25N3O2.ClH/c1-19(31)23-9-5-21(6-10-23)17-30(26-13-14-26)18-22-3-2-4-24(15-22)27(32)29-25-11-7-20(16-28)8-12-25;/h2-12,15,26H,13-14,17-18H2,1H3,(H,29,32);1H. The highest BCUT2D eigenvalue weighted by Crippen LogP contribution is 2.30. The van der Waals surface area contributed by atoms with E-state index in [0.29, 0.717) is 22.9 Å². The van der Waals surface area contributed by atoms with Crippen LogP contribution in [0.5, 0.6) is 0 Å². The minimum atomic E-state index is -0.172. The molecule has 1 aliphatic carbocycles. The van der Waals surface area contributed by atoms with Crippen molar-refractivity contribution in [3.63, 3.8) is 0 Å². The van der Waals surface area contributed by atoms with Gasteiger partial charge in [-0.15, -0.1) is 12.4 Å². The molecule has 5 nitrogen and oxygen atoms in total. The molecule has 6 heteroatoms. The largest absolute Gasteiger partial charge is 0.322 e. The quantitative estimate of drug-likeness (QED) is 0.445.